The summed E-state index contributed by atoms with van der Waals surface area (Å²) in [5.41, 5.74) is 1.37. The highest BCUT2D eigenvalue weighted by atomic mass is 35.5. The number of morpholine rings is 1. The highest BCUT2D eigenvalue weighted by Crippen LogP contribution is 2.35. The van der Waals surface area contributed by atoms with Crippen LogP contribution in [0.25, 0.3) is 10.2 Å². The number of benzene rings is 2. The van der Waals surface area contributed by atoms with Gasteiger partial charge in [0.25, 0.3) is 5.91 Å². The predicted octanol–water partition coefficient (Wildman–Crippen LogP) is 4.01. The third-order valence-corrected chi connectivity index (χ3v) is 10.7. The van der Waals surface area contributed by atoms with E-state index in [0.29, 0.717) is 67.4 Å². The minimum atomic E-state index is -3.48. The first-order valence-electron chi connectivity index (χ1n) is 13.4. The summed E-state index contributed by atoms with van der Waals surface area (Å²) in [4.78, 5) is 34.6. The third kappa shape index (κ3) is 6.59. The number of thiazole rings is 1. The lowest BCUT2D eigenvalue weighted by Crippen LogP contribution is -2.37. The predicted molar refractivity (Wildman–Crippen MR) is 159 cm³/mol. The summed E-state index contributed by atoms with van der Waals surface area (Å²) in [7, 11) is -1.50. The molecule has 0 atom stereocenters. The zero-order valence-electron chi connectivity index (χ0n) is 22.8. The Morgan fingerprint density at radius 3 is 2.59 bits per heavy atom. The Morgan fingerprint density at radius 1 is 1.15 bits per heavy atom. The lowest BCUT2D eigenvalue weighted by atomic mass is 10.1. The molecule has 2 saturated heterocycles. The first kappa shape index (κ1) is 29.5. The van der Waals surface area contributed by atoms with E-state index in [1.165, 1.54) is 0 Å². The van der Waals surface area contributed by atoms with E-state index >= 15 is 0 Å². The average Bonchev–Trinajstić information content (AvgIpc) is 3.35. The number of ether oxygens (including phenoxy) is 2. The number of imide groups is 1. The fourth-order valence-electron chi connectivity index (χ4n) is 4.96. The Bertz CT molecular complexity index is 1550. The molecule has 2 fully saturated rings. The summed E-state index contributed by atoms with van der Waals surface area (Å²) >= 11 is 7.53. The number of sulfone groups is 1. The Balaban J connectivity index is 1.29. The van der Waals surface area contributed by atoms with Crippen molar-refractivity contribution in [3.05, 3.63) is 40.9 Å². The molecule has 0 spiro atoms. The molecule has 0 saturated carbocycles. The van der Waals surface area contributed by atoms with Crippen LogP contribution in [0.4, 0.5) is 15.6 Å². The second kappa shape index (κ2) is 12.5. The smallest absolute Gasteiger partial charge is 0.327 e. The number of hydrogen-bond donors (Lipinski definition) is 2. The van der Waals surface area contributed by atoms with Gasteiger partial charge < -0.3 is 19.3 Å². The fourth-order valence-corrected chi connectivity index (χ4v) is 7.93. The molecule has 1 aromatic heterocycles. The van der Waals surface area contributed by atoms with Crippen molar-refractivity contribution in [1.29, 1.82) is 0 Å². The number of aromatic nitrogens is 1. The largest absolute Gasteiger partial charge is 0.492 e. The fraction of sp³-hybridized carbons (Fsp3) is 0.444. The van der Waals surface area contributed by atoms with Gasteiger partial charge in [0.1, 0.15) is 5.75 Å². The summed E-state index contributed by atoms with van der Waals surface area (Å²) in [5.74, 6) is -0.134. The molecule has 2 aliphatic rings. The molecule has 2 aliphatic heterocycles. The van der Waals surface area contributed by atoms with Crippen molar-refractivity contribution in [2.24, 2.45) is 0 Å². The van der Waals surface area contributed by atoms with Crippen LogP contribution in [-0.4, -0.2) is 88.5 Å². The quantitative estimate of drug-likeness (QED) is 0.402. The number of rotatable bonds is 7. The minimum Gasteiger partial charge on any atom is -0.492 e. The number of fused-ring (bicyclic) bond motifs is 1. The number of amides is 3. The van der Waals surface area contributed by atoms with Crippen molar-refractivity contribution >= 4 is 65.7 Å². The van der Waals surface area contributed by atoms with Gasteiger partial charge in [-0.2, -0.15) is 0 Å². The molecule has 0 bridgehead atoms. The van der Waals surface area contributed by atoms with Crippen LogP contribution < -0.4 is 20.3 Å². The number of nitrogens with one attached hydrogen (secondary N) is 2. The first-order valence-corrected chi connectivity index (χ1v) is 16.1. The van der Waals surface area contributed by atoms with E-state index in [4.69, 9.17) is 21.1 Å². The van der Waals surface area contributed by atoms with Crippen molar-refractivity contribution in [1.82, 2.24) is 15.2 Å². The van der Waals surface area contributed by atoms with Crippen LogP contribution in [0.1, 0.15) is 30.1 Å². The number of urea groups is 1. The van der Waals surface area contributed by atoms with E-state index in [9.17, 15) is 18.0 Å². The van der Waals surface area contributed by atoms with E-state index in [1.54, 1.807) is 30.3 Å². The maximum atomic E-state index is 13.2. The van der Waals surface area contributed by atoms with Crippen LogP contribution in [0.15, 0.2) is 35.2 Å². The summed E-state index contributed by atoms with van der Waals surface area (Å²) in [6.07, 6.45) is 1.18. The van der Waals surface area contributed by atoms with Gasteiger partial charge in [-0.3, -0.25) is 15.4 Å². The Labute approximate surface area is 247 Å². The number of likely N-dealkylation sites (tertiary alicyclic amines) is 1. The first-order chi connectivity index (χ1) is 19.7. The topological polar surface area (TPSA) is 130 Å². The molecule has 0 aliphatic carbocycles. The lowest BCUT2D eigenvalue weighted by molar-refractivity contribution is 0.0967. The number of hydrogen-bond acceptors (Lipinski definition) is 10. The summed E-state index contributed by atoms with van der Waals surface area (Å²) in [6, 6.07) is 7.20. The van der Waals surface area contributed by atoms with Crippen molar-refractivity contribution in [2.45, 2.75) is 29.9 Å². The van der Waals surface area contributed by atoms with Crippen LogP contribution >= 0.6 is 22.9 Å². The standard InChI is InChI=1S/C27H32ClN5O6S2/c1-3-39-23-16-20(28)19(15-22(23)33-10-12-38-13-11-33)25(34)30-26(35)31-27-29-21-5-4-18(14-24(21)40-27)41(36,37)17-6-8-32(2)9-7-17/h4-5,14-17H,3,6-13H2,1-2H3,(H2,29,30,31,34,35). The molecule has 0 radical (unpaired) electrons. The molecule has 11 nitrogen and oxygen atoms in total. The van der Waals surface area contributed by atoms with E-state index in [2.05, 4.69) is 20.5 Å². The zero-order valence-corrected chi connectivity index (χ0v) is 25.2. The van der Waals surface area contributed by atoms with Gasteiger partial charge in [-0.15, -0.1) is 0 Å². The number of carbonyl (C=O) groups excluding carboxylic acids is 2. The number of halogens is 1. The third-order valence-electron chi connectivity index (χ3n) is 7.19. The van der Waals surface area contributed by atoms with Crippen molar-refractivity contribution in [3.8, 4) is 5.75 Å². The van der Waals surface area contributed by atoms with Crippen LogP contribution in [-0.2, 0) is 14.6 Å². The molecule has 220 valence electrons. The van der Waals surface area contributed by atoms with Crippen molar-refractivity contribution in [3.63, 3.8) is 0 Å². The van der Waals surface area contributed by atoms with Crippen LogP contribution in [0.3, 0.4) is 0 Å². The van der Waals surface area contributed by atoms with E-state index in [0.717, 1.165) is 24.4 Å². The van der Waals surface area contributed by atoms with Crippen molar-refractivity contribution < 1.29 is 27.5 Å². The number of nitrogens with zero attached hydrogens (tertiary/aromatic N) is 3. The van der Waals surface area contributed by atoms with E-state index in [1.807, 2.05) is 18.9 Å². The Kier molecular flexibility index (Phi) is 9.00. The maximum Gasteiger partial charge on any atom is 0.327 e. The minimum absolute atomic E-state index is 0.125. The molecule has 2 aromatic carbocycles. The second-order valence-corrected chi connectivity index (χ2v) is 13.6. The molecule has 5 rings (SSSR count). The molecule has 41 heavy (non-hydrogen) atoms. The molecule has 14 heteroatoms. The molecule has 3 heterocycles. The average molecular weight is 622 g/mol. The molecule has 3 amide bonds. The van der Waals surface area contributed by atoms with Gasteiger partial charge in [0, 0.05) is 19.2 Å². The van der Waals surface area contributed by atoms with Crippen LogP contribution in [0, 0.1) is 0 Å². The highest BCUT2D eigenvalue weighted by Gasteiger charge is 2.31. The van der Waals surface area contributed by atoms with Gasteiger partial charge in [-0.1, -0.05) is 22.9 Å². The monoisotopic (exact) mass is 621 g/mol. The molecule has 2 N–H and O–H groups in total. The number of piperidine rings is 1. The maximum absolute atomic E-state index is 13.2. The SMILES string of the molecule is CCOc1cc(Cl)c(C(=O)NC(=O)Nc2nc3ccc(S(=O)(=O)C4CCN(C)CC4)cc3s2)cc1N1CCOCC1. The number of anilines is 2. The number of carbonyl (C=O) groups is 2. The Hall–Kier alpha value is -2.97. The highest BCUT2D eigenvalue weighted by molar-refractivity contribution is 7.92. The summed E-state index contributed by atoms with van der Waals surface area (Å²) in [5, 5.41) is 4.83. The van der Waals surface area contributed by atoms with Gasteiger partial charge >= 0.3 is 6.03 Å². The molecular weight excluding hydrogens is 590 g/mol. The van der Waals surface area contributed by atoms with E-state index < -0.39 is 27.0 Å². The van der Waals surface area contributed by atoms with Gasteiger partial charge in [-0.25, -0.2) is 18.2 Å². The van der Waals surface area contributed by atoms with Crippen molar-refractivity contribution in [2.75, 3.05) is 63.3 Å². The van der Waals surface area contributed by atoms with Gasteiger partial charge in [0.05, 0.1) is 56.5 Å². The summed E-state index contributed by atoms with van der Waals surface area (Å²) in [6.45, 7) is 6.12. The molecule has 0 unspecified atom stereocenters. The lowest BCUT2D eigenvalue weighted by Gasteiger charge is -2.30. The van der Waals surface area contributed by atoms with Crippen LogP contribution in [0.2, 0.25) is 5.02 Å². The van der Waals surface area contributed by atoms with Crippen LogP contribution in [0.5, 0.6) is 5.75 Å². The second-order valence-electron chi connectivity index (χ2n) is 9.94. The normalized spacial score (nSPS) is 17.0. The van der Waals surface area contributed by atoms with Gasteiger partial charge in [0.15, 0.2) is 15.0 Å². The van der Waals surface area contributed by atoms with Gasteiger partial charge in [0.2, 0.25) is 0 Å². The molecule has 3 aromatic rings. The zero-order chi connectivity index (χ0) is 29.1. The Morgan fingerprint density at radius 2 is 1.88 bits per heavy atom. The van der Waals surface area contributed by atoms with Gasteiger partial charge in [-0.05, 0) is 64.2 Å². The summed E-state index contributed by atoms with van der Waals surface area (Å²) < 4.78 is 38.2. The van der Waals surface area contributed by atoms with E-state index in [-0.39, 0.29) is 20.6 Å². The molecular formula is C27H32ClN5O6S2.